The van der Waals surface area contributed by atoms with Crippen molar-refractivity contribution < 1.29 is 14.3 Å². The van der Waals surface area contributed by atoms with Gasteiger partial charge in [0.2, 0.25) is 5.91 Å². The van der Waals surface area contributed by atoms with Crippen molar-refractivity contribution in [1.29, 1.82) is 0 Å². The number of carbonyl (C=O) groups is 2. The number of thiophene rings is 1. The fourth-order valence-electron chi connectivity index (χ4n) is 3.46. The van der Waals surface area contributed by atoms with Crippen LogP contribution in [0.2, 0.25) is 0 Å². The molecular weight excluding hydrogens is 406 g/mol. The van der Waals surface area contributed by atoms with Gasteiger partial charge in [0.1, 0.15) is 5.00 Å². The number of amides is 1. The Morgan fingerprint density at radius 1 is 1.31 bits per heavy atom. The Kier molecular flexibility index (Phi) is 5.73. The molecule has 3 aromatic rings. The molecule has 1 N–H and O–H groups in total. The number of anilines is 1. The molecule has 0 aliphatic heterocycles. The van der Waals surface area contributed by atoms with Crippen LogP contribution in [0.5, 0.6) is 0 Å². The predicted molar refractivity (Wildman–Crippen MR) is 116 cm³/mol. The van der Waals surface area contributed by atoms with Crippen LogP contribution < -0.4 is 5.32 Å². The van der Waals surface area contributed by atoms with Gasteiger partial charge in [-0.1, -0.05) is 36.0 Å². The number of aryl methyl sites for hydroxylation is 2. The van der Waals surface area contributed by atoms with Crippen molar-refractivity contribution in [3.63, 3.8) is 0 Å². The summed E-state index contributed by atoms with van der Waals surface area (Å²) in [7, 11) is 3.30. The maximum atomic E-state index is 12.6. The topological polar surface area (TPSA) is 73.2 Å². The second-order valence-corrected chi connectivity index (χ2v) is 8.81. The number of imidazole rings is 1. The predicted octanol–water partition coefficient (Wildman–Crippen LogP) is 4.15. The van der Waals surface area contributed by atoms with Gasteiger partial charge >= 0.3 is 5.97 Å². The number of thioether (sulfide) groups is 1. The molecule has 2 aromatic heterocycles. The molecule has 29 heavy (non-hydrogen) atoms. The number of fused-ring (bicyclic) bond motifs is 3. The Morgan fingerprint density at radius 3 is 2.90 bits per heavy atom. The number of ether oxygens (including phenoxy) is 1. The van der Waals surface area contributed by atoms with Crippen molar-refractivity contribution in [3.05, 3.63) is 53.3 Å². The van der Waals surface area contributed by atoms with Gasteiger partial charge in [-0.15, -0.1) is 11.3 Å². The molecule has 0 radical (unpaired) electrons. The van der Waals surface area contributed by atoms with Crippen LogP contribution >= 0.6 is 23.1 Å². The van der Waals surface area contributed by atoms with Gasteiger partial charge in [-0.25, -0.2) is 9.78 Å². The van der Waals surface area contributed by atoms with Crippen LogP contribution in [0, 0.1) is 0 Å². The van der Waals surface area contributed by atoms with E-state index in [4.69, 9.17) is 4.74 Å². The van der Waals surface area contributed by atoms with E-state index in [1.807, 2.05) is 29.9 Å². The largest absolute Gasteiger partial charge is 0.465 e. The van der Waals surface area contributed by atoms with Crippen molar-refractivity contribution in [1.82, 2.24) is 9.55 Å². The van der Waals surface area contributed by atoms with Crippen molar-refractivity contribution >= 4 is 40.0 Å². The fourth-order valence-corrected chi connectivity index (χ4v) is 5.65. The average Bonchev–Trinajstić information content (AvgIpc) is 3.30. The van der Waals surface area contributed by atoms with E-state index in [2.05, 4.69) is 22.4 Å². The number of hydrogen-bond donors (Lipinski definition) is 1. The molecule has 0 atom stereocenters. The number of rotatable bonds is 6. The lowest BCUT2D eigenvalue weighted by atomic mass is 9.89. The zero-order valence-electron chi connectivity index (χ0n) is 16.2. The van der Waals surface area contributed by atoms with Gasteiger partial charge in [-0.2, -0.15) is 0 Å². The third kappa shape index (κ3) is 3.95. The van der Waals surface area contributed by atoms with Crippen molar-refractivity contribution in [2.24, 2.45) is 7.05 Å². The molecule has 4 rings (SSSR count). The number of nitrogens with zero attached hydrogens (tertiary/aromatic N) is 2. The van der Waals surface area contributed by atoms with E-state index in [1.165, 1.54) is 35.8 Å². The first-order valence-corrected chi connectivity index (χ1v) is 11.1. The molecule has 2 heterocycles. The van der Waals surface area contributed by atoms with E-state index in [9.17, 15) is 9.59 Å². The number of nitrogens with one attached hydrogen (secondary N) is 1. The SMILES string of the molecule is COC(=O)c1c(NC(=O)CCSc2nccn2C)sc2c1CCc1ccccc1-2. The third-order valence-corrected chi connectivity index (χ3v) is 7.13. The standard InChI is InChI=1S/C21H21N3O3S2/c1-24-11-10-22-21(24)28-12-9-16(25)23-19-17(20(26)27-2)15-8-7-13-5-3-4-6-14(13)18(15)29-19/h3-6,10-11H,7-9,12H2,1-2H3,(H,23,25). The quantitative estimate of drug-likeness (QED) is 0.472. The lowest BCUT2D eigenvalue weighted by molar-refractivity contribution is -0.115. The Morgan fingerprint density at radius 2 is 2.14 bits per heavy atom. The maximum absolute atomic E-state index is 12.6. The van der Waals surface area contributed by atoms with Crippen LogP contribution in [0.3, 0.4) is 0 Å². The van der Waals surface area contributed by atoms with Crippen LogP contribution in [0.25, 0.3) is 10.4 Å². The van der Waals surface area contributed by atoms with E-state index in [0.29, 0.717) is 22.7 Å². The van der Waals surface area contributed by atoms with Gasteiger partial charge in [0.25, 0.3) is 0 Å². The third-order valence-electron chi connectivity index (χ3n) is 4.89. The summed E-state index contributed by atoms with van der Waals surface area (Å²) in [6.45, 7) is 0. The molecule has 0 unspecified atom stereocenters. The van der Waals surface area contributed by atoms with Crippen LogP contribution in [0.1, 0.15) is 27.9 Å². The summed E-state index contributed by atoms with van der Waals surface area (Å²) in [4.78, 5) is 30.3. The van der Waals surface area contributed by atoms with Gasteiger partial charge in [-0.3, -0.25) is 4.79 Å². The summed E-state index contributed by atoms with van der Waals surface area (Å²) in [6.07, 6.45) is 5.57. The van der Waals surface area contributed by atoms with E-state index in [0.717, 1.165) is 34.0 Å². The number of benzene rings is 1. The summed E-state index contributed by atoms with van der Waals surface area (Å²) in [5.74, 6) is 0.0846. The molecule has 150 valence electrons. The minimum atomic E-state index is -0.403. The summed E-state index contributed by atoms with van der Waals surface area (Å²) in [5.41, 5.74) is 3.86. The number of esters is 1. The molecule has 1 aliphatic rings. The highest BCUT2D eigenvalue weighted by Crippen LogP contribution is 2.45. The molecule has 0 fully saturated rings. The maximum Gasteiger partial charge on any atom is 0.341 e. The zero-order chi connectivity index (χ0) is 20.4. The average molecular weight is 428 g/mol. The minimum absolute atomic E-state index is 0.122. The number of methoxy groups -OCH3 is 1. The molecular formula is C21H21N3O3S2. The summed E-state index contributed by atoms with van der Waals surface area (Å²) >= 11 is 2.98. The molecule has 8 heteroatoms. The van der Waals surface area contributed by atoms with Gasteiger partial charge in [0.05, 0.1) is 12.7 Å². The summed E-state index contributed by atoms with van der Waals surface area (Å²) in [6, 6.07) is 8.21. The number of aromatic nitrogens is 2. The second-order valence-electron chi connectivity index (χ2n) is 6.73. The number of carbonyl (C=O) groups excluding carboxylic acids is 2. The number of hydrogen-bond acceptors (Lipinski definition) is 6. The Hall–Kier alpha value is -2.58. The monoisotopic (exact) mass is 427 g/mol. The molecule has 0 bridgehead atoms. The van der Waals surface area contributed by atoms with Gasteiger partial charge in [0, 0.05) is 36.5 Å². The second kappa shape index (κ2) is 8.42. The molecule has 0 spiro atoms. The van der Waals surface area contributed by atoms with Crippen molar-refractivity contribution in [2.75, 3.05) is 18.2 Å². The molecule has 1 aromatic carbocycles. The minimum Gasteiger partial charge on any atom is -0.465 e. The summed E-state index contributed by atoms with van der Waals surface area (Å²) < 4.78 is 6.93. The smallest absolute Gasteiger partial charge is 0.341 e. The van der Waals surface area contributed by atoms with Gasteiger partial charge in [0.15, 0.2) is 5.16 Å². The Bertz CT molecular complexity index is 1070. The van der Waals surface area contributed by atoms with Crippen molar-refractivity contribution in [2.45, 2.75) is 24.4 Å². The van der Waals surface area contributed by atoms with Crippen LogP contribution in [-0.2, 0) is 29.4 Å². The first-order valence-electron chi connectivity index (χ1n) is 9.30. The summed E-state index contributed by atoms with van der Waals surface area (Å²) in [5, 5.41) is 4.39. The normalized spacial score (nSPS) is 12.2. The first-order chi connectivity index (χ1) is 14.1. The van der Waals surface area contributed by atoms with Crippen molar-refractivity contribution in [3.8, 4) is 10.4 Å². The molecule has 6 nitrogen and oxygen atoms in total. The lowest BCUT2D eigenvalue weighted by Crippen LogP contribution is -2.15. The van der Waals surface area contributed by atoms with Crippen LogP contribution in [0.15, 0.2) is 41.8 Å². The van der Waals surface area contributed by atoms with E-state index in [-0.39, 0.29) is 5.91 Å². The Labute approximate surface area is 177 Å². The highest BCUT2D eigenvalue weighted by molar-refractivity contribution is 7.99. The highest BCUT2D eigenvalue weighted by atomic mass is 32.2. The molecule has 0 saturated carbocycles. The zero-order valence-corrected chi connectivity index (χ0v) is 17.9. The fraction of sp³-hybridized carbons (Fsp3) is 0.286. The first kappa shape index (κ1) is 19.7. The van der Waals surface area contributed by atoms with Gasteiger partial charge < -0.3 is 14.6 Å². The highest BCUT2D eigenvalue weighted by Gasteiger charge is 2.29. The van der Waals surface area contributed by atoms with E-state index < -0.39 is 5.97 Å². The van der Waals surface area contributed by atoms with Crippen LogP contribution in [0.4, 0.5) is 5.00 Å². The van der Waals surface area contributed by atoms with Gasteiger partial charge in [-0.05, 0) is 29.5 Å². The molecule has 1 aliphatic carbocycles. The lowest BCUT2D eigenvalue weighted by Gasteiger charge is -2.16. The molecule has 0 saturated heterocycles. The molecule has 1 amide bonds. The van der Waals surface area contributed by atoms with E-state index in [1.54, 1.807) is 6.20 Å². The Balaban J connectivity index is 1.54. The van der Waals surface area contributed by atoms with E-state index >= 15 is 0 Å². The van der Waals surface area contributed by atoms with Crippen LogP contribution in [-0.4, -0.2) is 34.3 Å².